The number of methoxy groups -OCH3 is 1. The number of halogens is 3. The quantitative estimate of drug-likeness (QED) is 0.814. The number of benzene rings is 2. The highest BCUT2D eigenvalue weighted by atomic mass is 79.9. The smallest absolute Gasteiger partial charge is 0.125 e. The summed E-state index contributed by atoms with van der Waals surface area (Å²) in [6, 6.07) is 8.61. The first-order valence-electron chi connectivity index (χ1n) is 6.03. The van der Waals surface area contributed by atoms with Crippen LogP contribution in [0.5, 0.6) is 5.75 Å². The molecule has 0 aliphatic rings. The van der Waals surface area contributed by atoms with Crippen molar-refractivity contribution in [3.63, 3.8) is 0 Å². The average Bonchev–Trinajstić information content (AvgIpc) is 2.37. The van der Waals surface area contributed by atoms with Crippen LogP contribution in [0.25, 0.3) is 0 Å². The van der Waals surface area contributed by atoms with Crippen molar-refractivity contribution < 1.29 is 9.13 Å². The van der Waals surface area contributed by atoms with E-state index in [4.69, 9.17) is 16.3 Å². The molecular weight excluding hydrogens is 345 g/mol. The second-order valence-electron chi connectivity index (χ2n) is 4.40. The lowest BCUT2D eigenvalue weighted by molar-refractivity contribution is 0.411. The Kier molecular flexibility index (Phi) is 4.89. The molecule has 0 aliphatic carbocycles. The molecule has 2 rings (SSSR count). The van der Waals surface area contributed by atoms with Gasteiger partial charge >= 0.3 is 0 Å². The Morgan fingerprint density at radius 1 is 1.30 bits per heavy atom. The lowest BCUT2D eigenvalue weighted by atomic mass is 10.1. The van der Waals surface area contributed by atoms with Crippen LogP contribution in [0.4, 0.5) is 10.1 Å². The van der Waals surface area contributed by atoms with Gasteiger partial charge in [-0.3, -0.25) is 0 Å². The molecule has 2 aromatic rings. The molecule has 106 valence electrons. The summed E-state index contributed by atoms with van der Waals surface area (Å²) >= 11 is 9.33. The van der Waals surface area contributed by atoms with Gasteiger partial charge in [0.05, 0.1) is 17.8 Å². The van der Waals surface area contributed by atoms with Crippen molar-refractivity contribution in [3.8, 4) is 5.75 Å². The lowest BCUT2D eigenvalue weighted by Gasteiger charge is -2.12. The molecule has 0 heterocycles. The Balaban J connectivity index is 2.15. The van der Waals surface area contributed by atoms with Crippen LogP contribution in [-0.4, -0.2) is 7.11 Å². The van der Waals surface area contributed by atoms with E-state index in [1.54, 1.807) is 7.11 Å². The van der Waals surface area contributed by atoms with Crippen LogP contribution < -0.4 is 10.1 Å². The van der Waals surface area contributed by atoms with E-state index in [9.17, 15) is 4.39 Å². The fourth-order valence-corrected chi connectivity index (χ4v) is 2.91. The molecule has 0 spiro atoms. The zero-order chi connectivity index (χ0) is 14.7. The SMILES string of the molecule is COc1ccc(CNc2c(Cl)cc(F)cc2Br)cc1C. The highest BCUT2D eigenvalue weighted by molar-refractivity contribution is 9.10. The van der Waals surface area contributed by atoms with Crippen LogP contribution >= 0.6 is 27.5 Å². The minimum atomic E-state index is -0.368. The topological polar surface area (TPSA) is 21.3 Å². The zero-order valence-corrected chi connectivity index (χ0v) is 13.5. The van der Waals surface area contributed by atoms with E-state index >= 15 is 0 Å². The summed E-state index contributed by atoms with van der Waals surface area (Å²) in [4.78, 5) is 0. The van der Waals surface area contributed by atoms with E-state index in [1.807, 2.05) is 25.1 Å². The zero-order valence-electron chi connectivity index (χ0n) is 11.1. The van der Waals surface area contributed by atoms with Crippen molar-refractivity contribution in [2.24, 2.45) is 0 Å². The Hall–Kier alpha value is -1.26. The van der Waals surface area contributed by atoms with E-state index in [1.165, 1.54) is 12.1 Å². The molecule has 0 saturated heterocycles. The molecule has 20 heavy (non-hydrogen) atoms. The average molecular weight is 359 g/mol. The van der Waals surface area contributed by atoms with Gasteiger partial charge < -0.3 is 10.1 Å². The predicted molar refractivity (Wildman–Crippen MR) is 84.2 cm³/mol. The molecule has 5 heteroatoms. The summed E-state index contributed by atoms with van der Waals surface area (Å²) in [7, 11) is 1.65. The monoisotopic (exact) mass is 357 g/mol. The molecule has 0 amide bonds. The number of anilines is 1. The third-order valence-electron chi connectivity index (χ3n) is 2.94. The summed E-state index contributed by atoms with van der Waals surface area (Å²) in [6.07, 6.45) is 0. The molecule has 0 atom stereocenters. The van der Waals surface area contributed by atoms with Crippen LogP contribution in [0, 0.1) is 12.7 Å². The molecule has 1 N–H and O–H groups in total. The molecule has 0 saturated carbocycles. The summed E-state index contributed by atoms with van der Waals surface area (Å²) in [5.74, 6) is 0.488. The van der Waals surface area contributed by atoms with E-state index in [2.05, 4.69) is 21.2 Å². The lowest BCUT2D eigenvalue weighted by Crippen LogP contribution is -2.02. The predicted octanol–water partition coefficient (Wildman–Crippen LogP) is 5.17. The van der Waals surface area contributed by atoms with Crippen molar-refractivity contribution in [1.29, 1.82) is 0 Å². The van der Waals surface area contributed by atoms with Crippen molar-refractivity contribution >= 4 is 33.2 Å². The fourth-order valence-electron chi connectivity index (χ4n) is 1.95. The molecule has 0 fully saturated rings. The van der Waals surface area contributed by atoms with Gasteiger partial charge in [0.1, 0.15) is 11.6 Å². The van der Waals surface area contributed by atoms with Crippen molar-refractivity contribution in [1.82, 2.24) is 0 Å². The maximum Gasteiger partial charge on any atom is 0.125 e. The number of hydrogen-bond acceptors (Lipinski definition) is 2. The minimum absolute atomic E-state index is 0.349. The van der Waals surface area contributed by atoms with Gasteiger partial charge in [0, 0.05) is 11.0 Å². The normalized spacial score (nSPS) is 10.4. The van der Waals surface area contributed by atoms with Gasteiger partial charge in [0.2, 0.25) is 0 Å². The second kappa shape index (κ2) is 6.46. The standard InChI is InChI=1S/C15H14BrClFNO/c1-9-5-10(3-4-14(9)20-2)8-19-15-12(16)6-11(18)7-13(15)17/h3-7,19H,8H2,1-2H3. The van der Waals surface area contributed by atoms with Crippen LogP contribution in [0.3, 0.4) is 0 Å². The van der Waals surface area contributed by atoms with Gasteiger partial charge in [0.25, 0.3) is 0 Å². The van der Waals surface area contributed by atoms with Crippen molar-refractivity contribution in [3.05, 3.63) is 56.8 Å². The number of aryl methyl sites for hydroxylation is 1. The van der Waals surface area contributed by atoms with Crippen LogP contribution in [-0.2, 0) is 6.54 Å². The summed E-state index contributed by atoms with van der Waals surface area (Å²) in [5, 5.41) is 3.55. The van der Waals surface area contributed by atoms with Crippen LogP contribution in [0.15, 0.2) is 34.8 Å². The molecule has 0 aromatic heterocycles. The maximum absolute atomic E-state index is 13.2. The van der Waals surface area contributed by atoms with Gasteiger partial charge in [-0.05, 0) is 52.2 Å². The molecule has 2 nitrogen and oxygen atoms in total. The Morgan fingerprint density at radius 3 is 2.65 bits per heavy atom. The number of ether oxygens (including phenoxy) is 1. The summed E-state index contributed by atoms with van der Waals surface area (Å²) < 4.78 is 19.0. The summed E-state index contributed by atoms with van der Waals surface area (Å²) in [5.41, 5.74) is 2.84. The van der Waals surface area contributed by atoms with Crippen molar-refractivity contribution in [2.45, 2.75) is 13.5 Å². The van der Waals surface area contributed by atoms with Crippen LogP contribution in [0.1, 0.15) is 11.1 Å². The summed E-state index contributed by atoms with van der Waals surface area (Å²) in [6.45, 7) is 2.58. The molecule has 0 radical (unpaired) electrons. The number of nitrogens with one attached hydrogen (secondary N) is 1. The van der Waals surface area contributed by atoms with E-state index in [0.29, 0.717) is 21.7 Å². The third-order valence-corrected chi connectivity index (χ3v) is 3.86. The fraction of sp³-hybridized carbons (Fsp3) is 0.200. The van der Waals surface area contributed by atoms with Gasteiger partial charge in [-0.15, -0.1) is 0 Å². The van der Waals surface area contributed by atoms with Crippen LogP contribution in [0.2, 0.25) is 5.02 Å². The molecule has 0 unspecified atom stereocenters. The van der Waals surface area contributed by atoms with E-state index < -0.39 is 0 Å². The van der Waals surface area contributed by atoms with Gasteiger partial charge in [-0.1, -0.05) is 23.7 Å². The molecule has 2 aromatic carbocycles. The maximum atomic E-state index is 13.2. The first-order valence-corrected chi connectivity index (χ1v) is 7.20. The second-order valence-corrected chi connectivity index (χ2v) is 5.66. The highest BCUT2D eigenvalue weighted by Gasteiger charge is 2.08. The third kappa shape index (κ3) is 3.44. The molecule has 0 aliphatic heterocycles. The largest absolute Gasteiger partial charge is 0.496 e. The first-order chi connectivity index (χ1) is 9.51. The van der Waals surface area contributed by atoms with Gasteiger partial charge in [-0.25, -0.2) is 4.39 Å². The Labute approximate surface area is 131 Å². The molecule has 0 bridgehead atoms. The highest BCUT2D eigenvalue weighted by Crippen LogP contribution is 2.32. The van der Waals surface area contributed by atoms with Gasteiger partial charge in [0.15, 0.2) is 0 Å². The molecular formula is C15H14BrClFNO. The van der Waals surface area contributed by atoms with E-state index in [-0.39, 0.29) is 5.82 Å². The van der Waals surface area contributed by atoms with Crippen molar-refractivity contribution in [2.75, 3.05) is 12.4 Å². The Morgan fingerprint density at radius 2 is 2.05 bits per heavy atom. The Bertz CT molecular complexity index is 610. The van der Waals surface area contributed by atoms with Gasteiger partial charge in [-0.2, -0.15) is 0 Å². The van der Waals surface area contributed by atoms with E-state index in [0.717, 1.165) is 16.9 Å². The first kappa shape index (κ1) is 15.1. The number of hydrogen-bond donors (Lipinski definition) is 1. The number of rotatable bonds is 4. The minimum Gasteiger partial charge on any atom is -0.496 e.